The van der Waals surface area contributed by atoms with E-state index in [0.29, 0.717) is 11.9 Å². The van der Waals surface area contributed by atoms with Gasteiger partial charge in [0.15, 0.2) is 6.61 Å². The minimum Gasteiger partial charge on any atom is -0.455 e. The van der Waals surface area contributed by atoms with Crippen LogP contribution < -0.4 is 5.32 Å². The zero-order chi connectivity index (χ0) is 17.6. The molecule has 25 heavy (non-hydrogen) atoms. The Bertz CT molecular complexity index is 736. The lowest BCUT2D eigenvalue weighted by Crippen LogP contribution is -2.23. The molecule has 0 atom stereocenters. The van der Waals surface area contributed by atoms with Gasteiger partial charge in [0, 0.05) is 10.5 Å². The summed E-state index contributed by atoms with van der Waals surface area (Å²) in [6, 6.07) is 9.50. The standard InChI is InChI=1S/C18H20BrN3O3/c19-14-7-5-13(6-8-14)11-18(24)25-12-17(23)21-16-9-10-20-22(16)15-3-1-2-4-15/h5-10,15H,1-4,11-12H2,(H,21,23). The highest BCUT2D eigenvalue weighted by Gasteiger charge is 2.20. The number of amides is 1. The Balaban J connectivity index is 1.47. The Kier molecular flexibility index (Phi) is 5.86. The van der Waals surface area contributed by atoms with Crippen molar-refractivity contribution < 1.29 is 14.3 Å². The lowest BCUT2D eigenvalue weighted by molar-refractivity contribution is -0.146. The molecule has 0 spiro atoms. The number of carbonyl (C=O) groups excluding carboxylic acids is 2. The van der Waals surface area contributed by atoms with Crippen molar-refractivity contribution in [2.75, 3.05) is 11.9 Å². The fourth-order valence-corrected chi connectivity index (χ4v) is 3.26. The Morgan fingerprint density at radius 2 is 1.92 bits per heavy atom. The van der Waals surface area contributed by atoms with Gasteiger partial charge in [0.05, 0.1) is 18.7 Å². The molecule has 1 heterocycles. The van der Waals surface area contributed by atoms with E-state index in [1.165, 1.54) is 12.8 Å². The summed E-state index contributed by atoms with van der Waals surface area (Å²) in [5.41, 5.74) is 0.841. The number of anilines is 1. The Labute approximate surface area is 154 Å². The summed E-state index contributed by atoms with van der Waals surface area (Å²) >= 11 is 3.34. The van der Waals surface area contributed by atoms with E-state index in [0.717, 1.165) is 22.9 Å². The summed E-state index contributed by atoms with van der Waals surface area (Å²) in [6.07, 6.45) is 6.34. The number of rotatable bonds is 6. The number of aromatic nitrogens is 2. The van der Waals surface area contributed by atoms with Gasteiger partial charge in [0.2, 0.25) is 0 Å². The maximum atomic E-state index is 12.0. The Morgan fingerprint density at radius 3 is 2.64 bits per heavy atom. The van der Waals surface area contributed by atoms with Gasteiger partial charge in [-0.15, -0.1) is 0 Å². The van der Waals surface area contributed by atoms with E-state index in [2.05, 4.69) is 26.3 Å². The summed E-state index contributed by atoms with van der Waals surface area (Å²) in [5, 5.41) is 7.07. The van der Waals surface area contributed by atoms with Crippen LogP contribution in [0.1, 0.15) is 37.3 Å². The number of hydrogen-bond donors (Lipinski definition) is 1. The predicted octanol–water partition coefficient (Wildman–Crippen LogP) is 3.49. The fourth-order valence-electron chi connectivity index (χ4n) is 3.00. The van der Waals surface area contributed by atoms with Crippen molar-refractivity contribution in [1.29, 1.82) is 0 Å². The SMILES string of the molecule is O=C(COC(=O)Cc1ccc(Br)cc1)Nc1ccnn1C1CCCC1. The highest BCUT2D eigenvalue weighted by molar-refractivity contribution is 9.10. The van der Waals surface area contributed by atoms with Crippen molar-refractivity contribution in [3.8, 4) is 0 Å². The molecule has 0 unspecified atom stereocenters. The molecule has 1 aromatic heterocycles. The average molecular weight is 406 g/mol. The molecule has 1 aliphatic carbocycles. The van der Waals surface area contributed by atoms with Gasteiger partial charge in [-0.25, -0.2) is 4.68 Å². The second-order valence-corrected chi connectivity index (χ2v) is 7.03. The van der Waals surface area contributed by atoms with Crippen LogP contribution in [0.4, 0.5) is 5.82 Å². The maximum absolute atomic E-state index is 12.0. The molecule has 1 N–H and O–H groups in total. The van der Waals surface area contributed by atoms with Crippen LogP contribution in [-0.2, 0) is 20.7 Å². The van der Waals surface area contributed by atoms with Crippen LogP contribution in [0.3, 0.4) is 0 Å². The van der Waals surface area contributed by atoms with E-state index in [4.69, 9.17) is 4.74 Å². The van der Waals surface area contributed by atoms with Gasteiger partial charge in [0.1, 0.15) is 5.82 Å². The number of nitrogens with one attached hydrogen (secondary N) is 1. The summed E-state index contributed by atoms with van der Waals surface area (Å²) in [6.45, 7) is -0.300. The van der Waals surface area contributed by atoms with Crippen LogP contribution >= 0.6 is 15.9 Å². The molecule has 6 nitrogen and oxygen atoms in total. The largest absolute Gasteiger partial charge is 0.455 e. The van der Waals surface area contributed by atoms with Crippen LogP contribution in [-0.4, -0.2) is 28.3 Å². The summed E-state index contributed by atoms with van der Waals surface area (Å²) in [4.78, 5) is 23.9. The van der Waals surface area contributed by atoms with Gasteiger partial charge in [-0.3, -0.25) is 9.59 Å². The first-order valence-corrected chi connectivity index (χ1v) is 9.14. The molecule has 2 aromatic rings. The molecular formula is C18H20BrN3O3. The van der Waals surface area contributed by atoms with Crippen molar-refractivity contribution in [3.63, 3.8) is 0 Å². The van der Waals surface area contributed by atoms with E-state index >= 15 is 0 Å². The third-order valence-corrected chi connectivity index (χ3v) is 4.76. The van der Waals surface area contributed by atoms with Crippen molar-refractivity contribution in [1.82, 2.24) is 9.78 Å². The molecule has 1 saturated carbocycles. The number of esters is 1. The van der Waals surface area contributed by atoms with E-state index in [9.17, 15) is 9.59 Å². The van der Waals surface area contributed by atoms with Gasteiger partial charge in [-0.05, 0) is 30.5 Å². The van der Waals surface area contributed by atoms with Crippen LogP contribution in [0.2, 0.25) is 0 Å². The maximum Gasteiger partial charge on any atom is 0.310 e. The topological polar surface area (TPSA) is 73.2 Å². The van der Waals surface area contributed by atoms with Crippen LogP contribution in [0.25, 0.3) is 0 Å². The summed E-state index contributed by atoms with van der Waals surface area (Å²) in [5.74, 6) is -0.133. The number of carbonyl (C=O) groups is 2. The molecule has 1 amide bonds. The molecule has 132 valence electrons. The molecule has 0 aliphatic heterocycles. The first-order chi connectivity index (χ1) is 12.1. The molecule has 0 radical (unpaired) electrons. The number of halogens is 1. The molecular weight excluding hydrogens is 386 g/mol. The van der Waals surface area contributed by atoms with E-state index in [1.807, 2.05) is 28.9 Å². The van der Waals surface area contributed by atoms with E-state index in [1.54, 1.807) is 12.3 Å². The highest BCUT2D eigenvalue weighted by Crippen LogP contribution is 2.31. The van der Waals surface area contributed by atoms with Crippen LogP contribution in [0.5, 0.6) is 0 Å². The highest BCUT2D eigenvalue weighted by atomic mass is 79.9. The van der Waals surface area contributed by atoms with E-state index in [-0.39, 0.29) is 18.9 Å². The minimum atomic E-state index is -0.429. The van der Waals surface area contributed by atoms with Gasteiger partial charge >= 0.3 is 5.97 Å². The summed E-state index contributed by atoms with van der Waals surface area (Å²) < 4.78 is 7.86. The average Bonchev–Trinajstić information content (AvgIpc) is 3.26. The second-order valence-electron chi connectivity index (χ2n) is 6.11. The zero-order valence-corrected chi connectivity index (χ0v) is 15.4. The van der Waals surface area contributed by atoms with Crippen molar-refractivity contribution in [2.24, 2.45) is 0 Å². The molecule has 0 saturated heterocycles. The number of ether oxygens (including phenoxy) is 1. The normalized spacial score (nSPS) is 14.4. The summed E-state index contributed by atoms with van der Waals surface area (Å²) in [7, 11) is 0. The third kappa shape index (κ3) is 4.92. The zero-order valence-electron chi connectivity index (χ0n) is 13.8. The molecule has 1 aliphatic rings. The van der Waals surface area contributed by atoms with Crippen LogP contribution in [0, 0.1) is 0 Å². The van der Waals surface area contributed by atoms with Crippen molar-refractivity contribution in [2.45, 2.75) is 38.1 Å². The number of benzene rings is 1. The number of hydrogen-bond acceptors (Lipinski definition) is 4. The molecule has 3 rings (SSSR count). The first kappa shape index (κ1) is 17.7. The Hall–Kier alpha value is -2.15. The minimum absolute atomic E-state index is 0.139. The quantitative estimate of drug-likeness (QED) is 0.746. The van der Waals surface area contributed by atoms with Crippen molar-refractivity contribution >= 4 is 33.6 Å². The van der Waals surface area contributed by atoms with Crippen molar-refractivity contribution in [3.05, 3.63) is 46.6 Å². The Morgan fingerprint density at radius 1 is 1.20 bits per heavy atom. The third-order valence-electron chi connectivity index (χ3n) is 4.23. The van der Waals surface area contributed by atoms with Crippen LogP contribution in [0.15, 0.2) is 41.0 Å². The van der Waals surface area contributed by atoms with Gasteiger partial charge in [-0.1, -0.05) is 40.9 Å². The molecule has 0 bridgehead atoms. The van der Waals surface area contributed by atoms with Gasteiger partial charge in [0.25, 0.3) is 5.91 Å². The van der Waals surface area contributed by atoms with E-state index < -0.39 is 5.97 Å². The fraction of sp³-hybridized carbons (Fsp3) is 0.389. The molecule has 1 aromatic carbocycles. The molecule has 1 fully saturated rings. The smallest absolute Gasteiger partial charge is 0.310 e. The molecule has 7 heteroatoms. The first-order valence-electron chi connectivity index (χ1n) is 8.35. The predicted molar refractivity (Wildman–Crippen MR) is 97.2 cm³/mol. The monoisotopic (exact) mass is 405 g/mol. The van der Waals surface area contributed by atoms with Gasteiger partial charge < -0.3 is 10.1 Å². The lowest BCUT2D eigenvalue weighted by Gasteiger charge is -2.14. The second kappa shape index (κ2) is 8.29. The van der Waals surface area contributed by atoms with Gasteiger partial charge in [-0.2, -0.15) is 5.10 Å². The number of nitrogens with zero attached hydrogens (tertiary/aromatic N) is 2. The lowest BCUT2D eigenvalue weighted by atomic mass is 10.2.